The van der Waals surface area contributed by atoms with Gasteiger partial charge in [0.15, 0.2) is 0 Å². The Kier molecular flexibility index (Phi) is 4.13. The molecule has 0 saturated heterocycles. The summed E-state index contributed by atoms with van der Waals surface area (Å²) in [6.45, 7) is 0.000437. The topological polar surface area (TPSA) is 63.3 Å². The molecule has 1 rings (SSSR count). The Hall–Kier alpha value is -1.35. The van der Waals surface area contributed by atoms with E-state index in [1.807, 2.05) is 30.3 Å². The summed E-state index contributed by atoms with van der Waals surface area (Å²) in [7, 11) is 0. The summed E-state index contributed by atoms with van der Waals surface area (Å²) >= 11 is 0. The zero-order valence-corrected chi connectivity index (χ0v) is 8.02. The number of aliphatic hydroxyl groups is 1. The first-order valence-corrected chi connectivity index (χ1v) is 4.68. The van der Waals surface area contributed by atoms with Crippen LogP contribution in [0.4, 0.5) is 0 Å². The van der Waals surface area contributed by atoms with E-state index in [4.69, 9.17) is 10.8 Å². The van der Waals surface area contributed by atoms with Crippen molar-refractivity contribution in [1.82, 2.24) is 0 Å². The first kappa shape index (κ1) is 10.7. The maximum atomic E-state index is 11.0. The minimum atomic E-state index is -0.345. The SMILES string of the molecule is NC(=O)[C@H](CCO)Cc1ccccc1. The predicted molar refractivity (Wildman–Crippen MR) is 54.5 cm³/mol. The van der Waals surface area contributed by atoms with Gasteiger partial charge in [-0.3, -0.25) is 4.79 Å². The summed E-state index contributed by atoms with van der Waals surface area (Å²) < 4.78 is 0. The summed E-state index contributed by atoms with van der Waals surface area (Å²) in [5, 5.41) is 8.76. The van der Waals surface area contributed by atoms with E-state index in [0.717, 1.165) is 5.56 Å². The smallest absolute Gasteiger partial charge is 0.220 e. The third-order valence-corrected chi connectivity index (χ3v) is 2.20. The average Bonchev–Trinajstić information content (AvgIpc) is 2.18. The van der Waals surface area contributed by atoms with Gasteiger partial charge in [-0.05, 0) is 18.4 Å². The molecule has 1 aromatic rings. The summed E-state index contributed by atoms with van der Waals surface area (Å²) in [6, 6.07) is 9.67. The number of benzene rings is 1. The van der Waals surface area contributed by atoms with Crippen LogP contribution in [-0.4, -0.2) is 17.6 Å². The minimum absolute atomic E-state index is 0.000437. The van der Waals surface area contributed by atoms with Crippen LogP contribution in [0.3, 0.4) is 0 Å². The number of hydrogen-bond acceptors (Lipinski definition) is 2. The maximum absolute atomic E-state index is 11.0. The monoisotopic (exact) mass is 193 g/mol. The van der Waals surface area contributed by atoms with Crippen molar-refractivity contribution < 1.29 is 9.90 Å². The van der Waals surface area contributed by atoms with E-state index in [9.17, 15) is 4.79 Å². The molecule has 0 bridgehead atoms. The second-order valence-corrected chi connectivity index (χ2v) is 3.30. The predicted octanol–water partition coefficient (Wildman–Crippen LogP) is 0.713. The molecule has 1 amide bonds. The number of carbonyl (C=O) groups excluding carboxylic acids is 1. The number of nitrogens with two attached hydrogens (primary N) is 1. The van der Waals surface area contributed by atoms with Gasteiger partial charge in [-0.25, -0.2) is 0 Å². The first-order chi connectivity index (χ1) is 6.74. The highest BCUT2D eigenvalue weighted by Gasteiger charge is 2.14. The van der Waals surface area contributed by atoms with E-state index >= 15 is 0 Å². The summed E-state index contributed by atoms with van der Waals surface area (Å²) in [5.74, 6) is -0.606. The van der Waals surface area contributed by atoms with Crippen molar-refractivity contribution in [3.63, 3.8) is 0 Å². The Morgan fingerprint density at radius 1 is 1.36 bits per heavy atom. The minimum Gasteiger partial charge on any atom is -0.396 e. The van der Waals surface area contributed by atoms with Crippen molar-refractivity contribution in [1.29, 1.82) is 0 Å². The molecular formula is C11H15NO2. The summed E-state index contributed by atoms with van der Waals surface area (Å²) in [4.78, 5) is 11.0. The number of hydrogen-bond donors (Lipinski definition) is 2. The van der Waals surface area contributed by atoms with Crippen LogP contribution in [0.25, 0.3) is 0 Å². The molecule has 0 radical (unpaired) electrons. The Morgan fingerprint density at radius 3 is 2.50 bits per heavy atom. The molecule has 0 heterocycles. The van der Waals surface area contributed by atoms with Crippen LogP contribution in [-0.2, 0) is 11.2 Å². The molecule has 0 saturated carbocycles. The zero-order valence-electron chi connectivity index (χ0n) is 8.02. The van der Waals surface area contributed by atoms with E-state index in [-0.39, 0.29) is 18.4 Å². The van der Waals surface area contributed by atoms with Crippen LogP contribution >= 0.6 is 0 Å². The van der Waals surface area contributed by atoms with Gasteiger partial charge in [0.2, 0.25) is 5.91 Å². The van der Waals surface area contributed by atoms with Crippen LogP contribution in [0.5, 0.6) is 0 Å². The molecule has 0 aliphatic rings. The third kappa shape index (κ3) is 3.18. The van der Waals surface area contributed by atoms with Gasteiger partial charge >= 0.3 is 0 Å². The van der Waals surface area contributed by atoms with E-state index in [0.29, 0.717) is 12.8 Å². The van der Waals surface area contributed by atoms with Crippen LogP contribution in [0.1, 0.15) is 12.0 Å². The van der Waals surface area contributed by atoms with Gasteiger partial charge in [-0.2, -0.15) is 0 Å². The molecule has 3 nitrogen and oxygen atoms in total. The molecular weight excluding hydrogens is 178 g/mol. The summed E-state index contributed by atoms with van der Waals surface area (Å²) in [5.41, 5.74) is 6.29. The van der Waals surface area contributed by atoms with Crippen LogP contribution in [0.2, 0.25) is 0 Å². The average molecular weight is 193 g/mol. The van der Waals surface area contributed by atoms with Crippen molar-refractivity contribution in [2.75, 3.05) is 6.61 Å². The van der Waals surface area contributed by atoms with Crippen molar-refractivity contribution in [2.24, 2.45) is 11.7 Å². The Bertz CT molecular complexity index is 285. The maximum Gasteiger partial charge on any atom is 0.220 e. The van der Waals surface area contributed by atoms with Gasteiger partial charge in [0.25, 0.3) is 0 Å². The molecule has 76 valence electrons. The Labute approximate surface area is 83.6 Å². The molecule has 0 unspecified atom stereocenters. The quantitative estimate of drug-likeness (QED) is 0.723. The van der Waals surface area contributed by atoms with Crippen LogP contribution < -0.4 is 5.73 Å². The highest BCUT2D eigenvalue weighted by molar-refractivity contribution is 5.76. The number of amides is 1. The zero-order chi connectivity index (χ0) is 10.4. The van der Waals surface area contributed by atoms with E-state index in [2.05, 4.69) is 0 Å². The molecule has 0 aliphatic carbocycles. The molecule has 0 aliphatic heterocycles. The number of carbonyl (C=O) groups is 1. The standard InChI is InChI=1S/C11H15NO2/c12-11(14)10(6-7-13)8-9-4-2-1-3-5-9/h1-5,10,13H,6-8H2,(H2,12,14)/t10-/m1/s1. The van der Waals surface area contributed by atoms with Crippen molar-refractivity contribution >= 4 is 5.91 Å². The second kappa shape index (κ2) is 5.40. The highest BCUT2D eigenvalue weighted by Crippen LogP contribution is 2.11. The highest BCUT2D eigenvalue weighted by atomic mass is 16.3. The van der Waals surface area contributed by atoms with Crippen molar-refractivity contribution in [3.05, 3.63) is 35.9 Å². The molecule has 0 fully saturated rings. The fraction of sp³-hybridized carbons (Fsp3) is 0.364. The lowest BCUT2D eigenvalue weighted by Gasteiger charge is -2.11. The lowest BCUT2D eigenvalue weighted by Crippen LogP contribution is -2.26. The molecule has 3 N–H and O–H groups in total. The van der Waals surface area contributed by atoms with Gasteiger partial charge in [0.1, 0.15) is 0 Å². The van der Waals surface area contributed by atoms with Gasteiger partial charge < -0.3 is 10.8 Å². The largest absolute Gasteiger partial charge is 0.396 e. The van der Waals surface area contributed by atoms with Gasteiger partial charge in [-0.1, -0.05) is 30.3 Å². The lowest BCUT2D eigenvalue weighted by atomic mass is 9.96. The molecule has 0 aromatic heterocycles. The fourth-order valence-electron chi connectivity index (χ4n) is 1.40. The number of aliphatic hydroxyl groups excluding tert-OH is 1. The van der Waals surface area contributed by atoms with E-state index in [1.54, 1.807) is 0 Å². The Morgan fingerprint density at radius 2 is 2.00 bits per heavy atom. The van der Waals surface area contributed by atoms with Gasteiger partial charge in [-0.15, -0.1) is 0 Å². The molecule has 3 heteroatoms. The normalized spacial score (nSPS) is 12.4. The lowest BCUT2D eigenvalue weighted by molar-refractivity contribution is -0.122. The first-order valence-electron chi connectivity index (χ1n) is 4.68. The van der Waals surface area contributed by atoms with E-state index in [1.165, 1.54) is 0 Å². The molecule has 0 spiro atoms. The van der Waals surface area contributed by atoms with Crippen LogP contribution in [0, 0.1) is 5.92 Å². The van der Waals surface area contributed by atoms with Crippen molar-refractivity contribution in [3.8, 4) is 0 Å². The Balaban J connectivity index is 2.60. The molecule has 1 atom stereocenters. The summed E-state index contributed by atoms with van der Waals surface area (Å²) in [6.07, 6.45) is 1.04. The third-order valence-electron chi connectivity index (χ3n) is 2.20. The molecule has 1 aromatic carbocycles. The van der Waals surface area contributed by atoms with Crippen LogP contribution in [0.15, 0.2) is 30.3 Å². The van der Waals surface area contributed by atoms with E-state index < -0.39 is 0 Å². The molecule has 14 heavy (non-hydrogen) atoms. The second-order valence-electron chi connectivity index (χ2n) is 3.30. The van der Waals surface area contributed by atoms with Crippen molar-refractivity contribution in [2.45, 2.75) is 12.8 Å². The fourth-order valence-corrected chi connectivity index (χ4v) is 1.40. The van der Waals surface area contributed by atoms with Gasteiger partial charge in [0.05, 0.1) is 0 Å². The number of primary amides is 1. The van der Waals surface area contributed by atoms with Gasteiger partial charge in [0, 0.05) is 12.5 Å². The number of rotatable bonds is 5.